The molecular formula is C19H18Cl2N4O2S2. The van der Waals surface area contributed by atoms with Crippen molar-refractivity contribution in [3.8, 4) is 0 Å². The molecule has 0 aliphatic heterocycles. The summed E-state index contributed by atoms with van der Waals surface area (Å²) in [5, 5.41) is 4.70. The maximum Gasteiger partial charge on any atom is 0.262 e. The summed E-state index contributed by atoms with van der Waals surface area (Å²) < 4.78 is 1.53. The molecule has 152 valence electrons. The zero-order valence-corrected chi connectivity index (χ0v) is 19.0. The molecule has 3 aromatic heterocycles. The Hall–Kier alpha value is -1.61. The number of thioether (sulfide) groups is 1. The van der Waals surface area contributed by atoms with Gasteiger partial charge < -0.3 is 5.32 Å². The molecule has 0 saturated carbocycles. The Bertz CT molecular complexity index is 1190. The van der Waals surface area contributed by atoms with Gasteiger partial charge in [-0.2, -0.15) is 0 Å². The van der Waals surface area contributed by atoms with Gasteiger partial charge in [-0.1, -0.05) is 35.0 Å². The molecule has 1 amide bonds. The molecule has 3 aromatic rings. The van der Waals surface area contributed by atoms with Crippen molar-refractivity contribution in [3.63, 3.8) is 0 Å². The van der Waals surface area contributed by atoms with Crippen molar-refractivity contribution >= 4 is 68.2 Å². The van der Waals surface area contributed by atoms with Gasteiger partial charge in [0.25, 0.3) is 5.56 Å². The van der Waals surface area contributed by atoms with Gasteiger partial charge in [-0.05, 0) is 43.7 Å². The number of aromatic nitrogens is 3. The second-order valence-electron chi connectivity index (χ2n) is 6.88. The Balaban J connectivity index is 1.54. The van der Waals surface area contributed by atoms with Crippen LogP contribution in [0, 0.1) is 6.92 Å². The molecule has 1 aliphatic carbocycles. The number of rotatable bonds is 4. The lowest BCUT2D eigenvalue weighted by atomic mass is 9.97. The molecule has 0 radical (unpaired) electrons. The third kappa shape index (κ3) is 3.91. The van der Waals surface area contributed by atoms with E-state index < -0.39 is 0 Å². The number of nitrogens with one attached hydrogen (secondary N) is 1. The second kappa shape index (κ2) is 8.26. The van der Waals surface area contributed by atoms with Crippen LogP contribution in [-0.4, -0.2) is 26.2 Å². The zero-order chi connectivity index (χ0) is 20.7. The number of hydrogen-bond donors (Lipinski definition) is 1. The standard InChI is InChI=1S/C19H18Cl2N4O2S2/c1-9-11(20)7-22-16(15(9)21)23-13(26)8-28-19-24-17-14(18(27)25(19)2)10-5-3-4-6-12(10)29-17/h7H,3-6,8H2,1-2H3,(H,22,23,26). The van der Waals surface area contributed by atoms with Gasteiger partial charge in [0, 0.05) is 18.1 Å². The highest BCUT2D eigenvalue weighted by atomic mass is 35.5. The molecule has 6 nitrogen and oxygen atoms in total. The fourth-order valence-corrected chi connectivity index (χ4v) is 5.80. The first-order valence-electron chi connectivity index (χ1n) is 9.11. The van der Waals surface area contributed by atoms with Crippen molar-refractivity contribution < 1.29 is 4.79 Å². The van der Waals surface area contributed by atoms with Crippen molar-refractivity contribution in [3.05, 3.63) is 42.6 Å². The minimum Gasteiger partial charge on any atom is -0.309 e. The molecular weight excluding hydrogens is 451 g/mol. The minimum atomic E-state index is -0.286. The summed E-state index contributed by atoms with van der Waals surface area (Å²) in [7, 11) is 1.70. The van der Waals surface area contributed by atoms with Crippen LogP contribution in [0.5, 0.6) is 0 Å². The van der Waals surface area contributed by atoms with Gasteiger partial charge in [-0.25, -0.2) is 9.97 Å². The average molecular weight is 469 g/mol. The van der Waals surface area contributed by atoms with Crippen LogP contribution >= 0.6 is 46.3 Å². The Morgan fingerprint density at radius 3 is 2.90 bits per heavy atom. The number of carbonyl (C=O) groups is 1. The smallest absolute Gasteiger partial charge is 0.262 e. The summed E-state index contributed by atoms with van der Waals surface area (Å²) in [6.07, 6.45) is 5.67. The number of fused-ring (bicyclic) bond motifs is 3. The van der Waals surface area contributed by atoms with Crippen molar-refractivity contribution in [1.82, 2.24) is 14.5 Å². The van der Waals surface area contributed by atoms with Crippen LogP contribution in [0.25, 0.3) is 10.2 Å². The summed E-state index contributed by atoms with van der Waals surface area (Å²) >= 11 is 15.0. The van der Waals surface area contributed by atoms with Crippen LogP contribution in [-0.2, 0) is 24.7 Å². The van der Waals surface area contributed by atoms with E-state index in [0.717, 1.165) is 41.5 Å². The van der Waals surface area contributed by atoms with E-state index in [2.05, 4.69) is 15.3 Å². The van der Waals surface area contributed by atoms with Crippen LogP contribution in [0.4, 0.5) is 5.82 Å². The first-order valence-corrected chi connectivity index (χ1v) is 11.7. The van der Waals surface area contributed by atoms with E-state index >= 15 is 0 Å². The fourth-order valence-electron chi connectivity index (χ4n) is 3.34. The van der Waals surface area contributed by atoms with Gasteiger partial charge in [-0.15, -0.1) is 11.3 Å². The zero-order valence-electron chi connectivity index (χ0n) is 15.8. The summed E-state index contributed by atoms with van der Waals surface area (Å²) in [6, 6.07) is 0. The van der Waals surface area contributed by atoms with Crippen molar-refractivity contribution in [1.29, 1.82) is 0 Å². The number of aryl methyl sites for hydroxylation is 2. The number of nitrogens with zero attached hydrogens (tertiary/aromatic N) is 3. The van der Waals surface area contributed by atoms with E-state index in [0.29, 0.717) is 20.8 Å². The van der Waals surface area contributed by atoms with Crippen LogP contribution in [0.3, 0.4) is 0 Å². The van der Waals surface area contributed by atoms with E-state index in [4.69, 9.17) is 23.2 Å². The number of carbonyl (C=O) groups excluding carboxylic acids is 1. The molecule has 0 spiro atoms. The summed E-state index contributed by atoms with van der Waals surface area (Å²) in [6.45, 7) is 1.76. The summed E-state index contributed by atoms with van der Waals surface area (Å²) in [4.78, 5) is 36.1. The highest BCUT2D eigenvalue weighted by Gasteiger charge is 2.21. The largest absolute Gasteiger partial charge is 0.309 e. The molecule has 0 atom stereocenters. The van der Waals surface area contributed by atoms with Gasteiger partial charge in [0.05, 0.1) is 21.2 Å². The van der Waals surface area contributed by atoms with E-state index in [1.807, 2.05) is 0 Å². The molecule has 1 N–H and O–H groups in total. The first-order chi connectivity index (χ1) is 13.9. The fraction of sp³-hybridized carbons (Fsp3) is 0.368. The third-order valence-corrected chi connectivity index (χ3v) is 8.01. The molecule has 29 heavy (non-hydrogen) atoms. The Labute approximate surface area is 185 Å². The minimum absolute atomic E-state index is 0.0460. The van der Waals surface area contributed by atoms with Gasteiger partial charge in [0.15, 0.2) is 11.0 Å². The number of anilines is 1. The van der Waals surface area contributed by atoms with Crippen molar-refractivity contribution in [2.75, 3.05) is 11.1 Å². The number of amides is 1. The van der Waals surface area contributed by atoms with Crippen LogP contribution in [0.1, 0.15) is 28.8 Å². The van der Waals surface area contributed by atoms with E-state index in [-0.39, 0.29) is 23.0 Å². The molecule has 3 heterocycles. The molecule has 0 unspecified atom stereocenters. The lowest BCUT2D eigenvalue weighted by Crippen LogP contribution is -2.22. The van der Waals surface area contributed by atoms with Crippen LogP contribution in [0.15, 0.2) is 16.1 Å². The Morgan fingerprint density at radius 1 is 1.34 bits per heavy atom. The number of thiophene rings is 1. The molecule has 0 fully saturated rings. The van der Waals surface area contributed by atoms with E-state index in [9.17, 15) is 9.59 Å². The van der Waals surface area contributed by atoms with Gasteiger partial charge >= 0.3 is 0 Å². The van der Waals surface area contributed by atoms with Crippen molar-refractivity contribution in [2.24, 2.45) is 7.05 Å². The predicted molar refractivity (Wildman–Crippen MR) is 120 cm³/mol. The third-order valence-electron chi connectivity index (χ3n) is 4.95. The highest BCUT2D eigenvalue weighted by molar-refractivity contribution is 7.99. The second-order valence-corrected chi connectivity index (χ2v) is 9.69. The van der Waals surface area contributed by atoms with Gasteiger partial charge in [-0.3, -0.25) is 14.2 Å². The van der Waals surface area contributed by atoms with Crippen LogP contribution in [0.2, 0.25) is 10.0 Å². The average Bonchev–Trinajstić information content (AvgIpc) is 3.08. The molecule has 0 aromatic carbocycles. The lowest BCUT2D eigenvalue weighted by molar-refractivity contribution is -0.113. The highest BCUT2D eigenvalue weighted by Crippen LogP contribution is 2.34. The number of halogens is 2. The Kier molecular flexibility index (Phi) is 5.88. The van der Waals surface area contributed by atoms with Crippen molar-refractivity contribution in [2.45, 2.75) is 37.8 Å². The Morgan fingerprint density at radius 2 is 2.10 bits per heavy atom. The normalized spacial score (nSPS) is 13.5. The van der Waals surface area contributed by atoms with E-state index in [1.165, 1.54) is 27.4 Å². The summed E-state index contributed by atoms with van der Waals surface area (Å²) in [5.74, 6) is 0.0599. The molecule has 1 aliphatic rings. The molecule has 0 saturated heterocycles. The van der Waals surface area contributed by atoms with Gasteiger partial charge in [0.1, 0.15) is 4.83 Å². The predicted octanol–water partition coefficient (Wildman–Crippen LogP) is 4.61. The number of pyridine rings is 1. The summed E-state index contributed by atoms with van der Waals surface area (Å²) in [5.41, 5.74) is 1.77. The first kappa shape index (κ1) is 20.7. The van der Waals surface area contributed by atoms with Crippen LogP contribution < -0.4 is 10.9 Å². The SMILES string of the molecule is Cc1c(Cl)cnc(NC(=O)CSc2nc3sc4c(c3c(=O)n2C)CCCC4)c1Cl. The molecule has 10 heteroatoms. The number of hydrogen-bond acceptors (Lipinski definition) is 6. The topological polar surface area (TPSA) is 76.9 Å². The monoisotopic (exact) mass is 468 g/mol. The molecule has 4 rings (SSSR count). The van der Waals surface area contributed by atoms with Gasteiger partial charge in [0.2, 0.25) is 5.91 Å². The maximum atomic E-state index is 12.9. The lowest BCUT2D eigenvalue weighted by Gasteiger charge is -2.11. The quantitative estimate of drug-likeness (QED) is 0.446. The maximum absolute atomic E-state index is 12.9. The molecule has 0 bridgehead atoms. The van der Waals surface area contributed by atoms with E-state index in [1.54, 1.807) is 25.3 Å².